The number of nitrogens with zero attached hydrogens (tertiary/aromatic N) is 2. The summed E-state index contributed by atoms with van der Waals surface area (Å²) in [6.07, 6.45) is 0. The predicted octanol–water partition coefficient (Wildman–Crippen LogP) is 0.432. The van der Waals surface area contributed by atoms with Gasteiger partial charge in [0, 0.05) is 32.2 Å². The van der Waals surface area contributed by atoms with Gasteiger partial charge in [0.2, 0.25) is 6.79 Å². The number of guanidine groups is 1. The summed E-state index contributed by atoms with van der Waals surface area (Å²) in [5.41, 5.74) is -0.900. The first-order chi connectivity index (χ1) is 14.1. The average Bonchev–Trinajstić information content (AvgIpc) is 3.17. The van der Waals surface area contributed by atoms with Gasteiger partial charge in [0.05, 0.1) is 31.9 Å². The van der Waals surface area contributed by atoms with Crippen LogP contribution in [-0.2, 0) is 4.74 Å². The molecule has 0 bridgehead atoms. The Hall–Kier alpha value is -2.23. The number of benzene rings is 1. The second-order valence-electron chi connectivity index (χ2n) is 7.37. The van der Waals surface area contributed by atoms with Gasteiger partial charge in [-0.15, -0.1) is 0 Å². The van der Waals surface area contributed by atoms with Crippen molar-refractivity contribution < 1.29 is 24.1 Å². The zero-order valence-corrected chi connectivity index (χ0v) is 17.3. The van der Waals surface area contributed by atoms with Crippen molar-refractivity contribution in [3.63, 3.8) is 0 Å². The van der Waals surface area contributed by atoms with E-state index in [2.05, 4.69) is 20.5 Å². The molecule has 1 atom stereocenters. The number of nitrogens with one attached hydrogen (secondary N) is 2. The van der Waals surface area contributed by atoms with Crippen molar-refractivity contribution in [3.8, 4) is 17.2 Å². The smallest absolute Gasteiger partial charge is 0.231 e. The highest BCUT2D eigenvalue weighted by Gasteiger charge is 2.25. The summed E-state index contributed by atoms with van der Waals surface area (Å²) >= 11 is 0. The second-order valence-corrected chi connectivity index (χ2v) is 7.37. The summed E-state index contributed by atoms with van der Waals surface area (Å²) in [5, 5.41) is 17.1. The van der Waals surface area contributed by atoms with Gasteiger partial charge >= 0.3 is 0 Å². The van der Waals surface area contributed by atoms with Gasteiger partial charge in [-0.2, -0.15) is 0 Å². The number of hydrogen-bond donors (Lipinski definition) is 3. The molecule has 1 aromatic rings. The van der Waals surface area contributed by atoms with Crippen LogP contribution in [0.4, 0.5) is 0 Å². The molecule has 1 aromatic carbocycles. The predicted molar refractivity (Wildman–Crippen MR) is 110 cm³/mol. The Morgan fingerprint density at radius 2 is 2.03 bits per heavy atom. The fourth-order valence-corrected chi connectivity index (χ4v) is 3.19. The topological polar surface area (TPSA) is 96.8 Å². The van der Waals surface area contributed by atoms with E-state index in [1.165, 1.54) is 0 Å². The summed E-state index contributed by atoms with van der Waals surface area (Å²) in [5.74, 6) is 2.82. The van der Waals surface area contributed by atoms with Crippen molar-refractivity contribution in [2.75, 3.05) is 65.9 Å². The van der Waals surface area contributed by atoms with Crippen molar-refractivity contribution in [3.05, 3.63) is 18.2 Å². The summed E-state index contributed by atoms with van der Waals surface area (Å²) in [6.45, 7) is 9.85. The third-order valence-corrected chi connectivity index (χ3v) is 4.60. The van der Waals surface area contributed by atoms with Gasteiger partial charge in [-0.1, -0.05) is 0 Å². The second kappa shape index (κ2) is 10.5. The van der Waals surface area contributed by atoms with E-state index in [0.717, 1.165) is 31.1 Å². The number of aliphatic hydroxyl groups is 1. The third kappa shape index (κ3) is 6.95. The van der Waals surface area contributed by atoms with Gasteiger partial charge in [-0.05, 0) is 26.0 Å². The van der Waals surface area contributed by atoms with Gasteiger partial charge < -0.3 is 34.7 Å². The lowest BCUT2D eigenvalue weighted by atomic mass is 10.1. The minimum atomic E-state index is -0.900. The highest BCUT2D eigenvalue weighted by Crippen LogP contribution is 2.34. The fraction of sp³-hybridized carbons (Fsp3) is 0.650. The molecule has 1 saturated heterocycles. The number of morpholine rings is 1. The Morgan fingerprint density at radius 3 is 2.83 bits per heavy atom. The molecule has 0 amide bonds. The van der Waals surface area contributed by atoms with Crippen LogP contribution in [0.2, 0.25) is 0 Å². The molecule has 9 heteroatoms. The Labute approximate surface area is 172 Å². The molecular weight excluding hydrogens is 376 g/mol. The largest absolute Gasteiger partial charge is 0.492 e. The van der Waals surface area contributed by atoms with Gasteiger partial charge in [-0.3, -0.25) is 9.89 Å². The van der Waals surface area contributed by atoms with E-state index >= 15 is 0 Å². The van der Waals surface area contributed by atoms with Gasteiger partial charge in [0.25, 0.3) is 0 Å². The number of β-amino-alcohol motifs (C(OH)–C–C–N with tert-alkyl or cyclic N) is 1. The summed E-state index contributed by atoms with van der Waals surface area (Å²) in [7, 11) is 0. The monoisotopic (exact) mass is 408 g/mol. The van der Waals surface area contributed by atoms with E-state index in [9.17, 15) is 5.11 Å². The number of rotatable bonds is 9. The molecule has 0 radical (unpaired) electrons. The molecule has 0 saturated carbocycles. The Kier molecular flexibility index (Phi) is 7.79. The number of ether oxygens (including phenoxy) is 4. The molecule has 0 spiro atoms. The molecule has 162 valence electrons. The average molecular weight is 408 g/mol. The highest BCUT2D eigenvalue weighted by molar-refractivity contribution is 5.79. The van der Waals surface area contributed by atoms with Crippen LogP contribution >= 0.6 is 0 Å². The first-order valence-corrected chi connectivity index (χ1v) is 10.1. The van der Waals surface area contributed by atoms with Crippen molar-refractivity contribution >= 4 is 5.96 Å². The molecule has 29 heavy (non-hydrogen) atoms. The number of fused-ring (bicyclic) bond motifs is 1. The lowest BCUT2D eigenvalue weighted by molar-refractivity contribution is -0.0179. The normalized spacial score (nSPS) is 18.9. The van der Waals surface area contributed by atoms with Crippen molar-refractivity contribution in [2.45, 2.75) is 19.4 Å². The number of aliphatic imine (C=N–C) groups is 1. The van der Waals surface area contributed by atoms with Crippen LogP contribution in [0, 0.1) is 0 Å². The van der Waals surface area contributed by atoms with E-state index in [0.29, 0.717) is 51.2 Å². The minimum absolute atomic E-state index is 0.248. The van der Waals surface area contributed by atoms with Crippen LogP contribution in [0.5, 0.6) is 17.2 Å². The minimum Gasteiger partial charge on any atom is -0.492 e. The fourth-order valence-electron chi connectivity index (χ4n) is 3.19. The summed E-state index contributed by atoms with van der Waals surface area (Å²) < 4.78 is 21.8. The standard InChI is InChI=1S/C20H32N4O5/c1-3-21-19(23-13-20(2,25)14-24-7-10-26-11-8-24)22-6-9-27-16-4-5-17-18(12-16)29-15-28-17/h4-5,12,25H,3,6-11,13-15H2,1-2H3,(H2,21,22,23). The van der Waals surface area contributed by atoms with E-state index in [1.807, 2.05) is 32.0 Å². The molecule has 1 fully saturated rings. The van der Waals surface area contributed by atoms with E-state index < -0.39 is 5.60 Å². The maximum absolute atomic E-state index is 10.7. The van der Waals surface area contributed by atoms with Crippen LogP contribution in [-0.4, -0.2) is 87.4 Å². The maximum Gasteiger partial charge on any atom is 0.231 e. The maximum atomic E-state index is 10.7. The molecule has 3 N–H and O–H groups in total. The molecule has 1 unspecified atom stereocenters. The molecule has 0 aliphatic carbocycles. The first-order valence-electron chi connectivity index (χ1n) is 10.1. The molecule has 0 aromatic heterocycles. The highest BCUT2D eigenvalue weighted by atomic mass is 16.7. The molecule has 3 rings (SSSR count). The van der Waals surface area contributed by atoms with Gasteiger partial charge in [0.1, 0.15) is 12.4 Å². The van der Waals surface area contributed by atoms with Crippen molar-refractivity contribution in [1.82, 2.24) is 15.5 Å². The van der Waals surface area contributed by atoms with Crippen LogP contribution in [0.1, 0.15) is 13.8 Å². The molecular formula is C20H32N4O5. The van der Waals surface area contributed by atoms with Gasteiger partial charge in [0.15, 0.2) is 17.5 Å². The Morgan fingerprint density at radius 1 is 1.24 bits per heavy atom. The third-order valence-electron chi connectivity index (χ3n) is 4.60. The zero-order chi connectivity index (χ0) is 20.5. The van der Waals surface area contributed by atoms with Gasteiger partial charge in [-0.25, -0.2) is 0 Å². The Bertz CT molecular complexity index is 677. The lowest BCUT2D eigenvalue weighted by Gasteiger charge is -2.33. The number of hydrogen-bond acceptors (Lipinski definition) is 7. The van der Waals surface area contributed by atoms with Crippen molar-refractivity contribution in [2.24, 2.45) is 4.99 Å². The van der Waals surface area contributed by atoms with E-state index in [4.69, 9.17) is 18.9 Å². The summed E-state index contributed by atoms with van der Waals surface area (Å²) in [4.78, 5) is 6.74. The summed E-state index contributed by atoms with van der Waals surface area (Å²) in [6, 6.07) is 5.52. The molecule has 2 heterocycles. The molecule has 2 aliphatic rings. The zero-order valence-electron chi connectivity index (χ0n) is 17.3. The first kappa shape index (κ1) is 21.5. The van der Waals surface area contributed by atoms with E-state index in [1.54, 1.807) is 0 Å². The van der Waals surface area contributed by atoms with Crippen LogP contribution in [0.15, 0.2) is 23.2 Å². The Balaban J connectivity index is 1.42. The van der Waals surface area contributed by atoms with Crippen LogP contribution in [0.25, 0.3) is 0 Å². The van der Waals surface area contributed by atoms with Crippen LogP contribution < -0.4 is 24.8 Å². The SMILES string of the molecule is CCNC(=NCC(C)(O)CN1CCOCC1)NCCOc1ccc2c(c1)OCO2. The molecule has 9 nitrogen and oxygen atoms in total. The van der Waals surface area contributed by atoms with Crippen LogP contribution in [0.3, 0.4) is 0 Å². The van der Waals surface area contributed by atoms with Crippen molar-refractivity contribution in [1.29, 1.82) is 0 Å². The quantitative estimate of drug-likeness (QED) is 0.308. The van der Waals surface area contributed by atoms with E-state index in [-0.39, 0.29) is 6.79 Å². The lowest BCUT2D eigenvalue weighted by Crippen LogP contribution is -2.48. The molecule has 2 aliphatic heterocycles.